The highest BCUT2D eigenvalue weighted by Gasteiger charge is 1.98. The van der Waals surface area contributed by atoms with Gasteiger partial charge in [0, 0.05) is 6.08 Å². The van der Waals surface area contributed by atoms with Crippen LogP contribution in [0.25, 0.3) is 17.2 Å². The molecule has 0 fully saturated rings. The molecule has 0 aliphatic carbocycles. The van der Waals surface area contributed by atoms with Crippen LogP contribution in [-0.2, 0) is 4.79 Å². The SMILES string of the molecule is [CH2]c1cccc(-c2cccc(/C=C/C(=O)O)c2)c1. The summed E-state index contributed by atoms with van der Waals surface area (Å²) in [7, 11) is 0. The molecule has 2 rings (SSSR count). The predicted octanol–water partition coefficient (Wildman–Crippen LogP) is 3.63. The summed E-state index contributed by atoms with van der Waals surface area (Å²) in [6.45, 7) is 3.90. The summed E-state index contributed by atoms with van der Waals surface area (Å²) in [5.41, 5.74) is 3.95. The van der Waals surface area contributed by atoms with Gasteiger partial charge in [0.1, 0.15) is 0 Å². The van der Waals surface area contributed by atoms with Gasteiger partial charge in [-0.2, -0.15) is 0 Å². The molecule has 0 bridgehead atoms. The van der Waals surface area contributed by atoms with Crippen molar-refractivity contribution in [2.75, 3.05) is 0 Å². The normalized spacial score (nSPS) is 10.7. The number of benzene rings is 2. The molecule has 1 radical (unpaired) electrons. The summed E-state index contributed by atoms with van der Waals surface area (Å²) in [5.74, 6) is -0.944. The number of carboxylic acids is 1. The Bertz CT molecular complexity index is 598. The molecular formula is C16H13O2. The maximum atomic E-state index is 10.5. The first-order valence-electron chi connectivity index (χ1n) is 5.58. The van der Waals surface area contributed by atoms with E-state index in [0.29, 0.717) is 0 Å². The zero-order valence-corrected chi connectivity index (χ0v) is 9.84. The van der Waals surface area contributed by atoms with Crippen LogP contribution in [0, 0.1) is 6.92 Å². The van der Waals surface area contributed by atoms with Crippen molar-refractivity contribution in [3.63, 3.8) is 0 Å². The van der Waals surface area contributed by atoms with Crippen molar-refractivity contribution < 1.29 is 9.90 Å². The molecule has 2 aromatic carbocycles. The molecule has 1 N–H and O–H groups in total. The van der Waals surface area contributed by atoms with Crippen LogP contribution in [-0.4, -0.2) is 11.1 Å². The highest BCUT2D eigenvalue weighted by Crippen LogP contribution is 2.21. The molecule has 0 aliphatic rings. The third-order valence-corrected chi connectivity index (χ3v) is 2.57. The average Bonchev–Trinajstić information content (AvgIpc) is 2.37. The molecule has 0 aliphatic heterocycles. The van der Waals surface area contributed by atoms with Crippen LogP contribution >= 0.6 is 0 Å². The fourth-order valence-corrected chi connectivity index (χ4v) is 1.74. The standard InChI is InChI=1S/C16H13O2/c1-12-4-2-6-14(10-12)15-7-3-5-13(11-15)8-9-16(17)18/h2-11H,1H2,(H,17,18)/b9-8+. The Morgan fingerprint density at radius 2 is 1.72 bits per heavy atom. The third-order valence-electron chi connectivity index (χ3n) is 2.57. The Morgan fingerprint density at radius 3 is 2.39 bits per heavy atom. The quantitative estimate of drug-likeness (QED) is 0.827. The van der Waals surface area contributed by atoms with Gasteiger partial charge in [0.05, 0.1) is 0 Å². The number of aliphatic carboxylic acids is 1. The Balaban J connectivity index is 2.35. The third kappa shape index (κ3) is 3.08. The second-order valence-corrected chi connectivity index (χ2v) is 4.00. The Hall–Kier alpha value is -2.35. The van der Waals surface area contributed by atoms with E-state index in [-0.39, 0.29) is 0 Å². The zero-order chi connectivity index (χ0) is 13.0. The van der Waals surface area contributed by atoms with Crippen LogP contribution in [0.15, 0.2) is 54.6 Å². The Morgan fingerprint density at radius 1 is 1.06 bits per heavy atom. The first kappa shape index (κ1) is 12.1. The molecule has 0 amide bonds. The maximum Gasteiger partial charge on any atom is 0.328 e. The van der Waals surface area contributed by atoms with E-state index in [2.05, 4.69) is 6.92 Å². The van der Waals surface area contributed by atoms with Crippen molar-refractivity contribution >= 4 is 12.0 Å². The molecule has 0 heterocycles. The van der Waals surface area contributed by atoms with Crippen LogP contribution < -0.4 is 0 Å². The molecule has 0 unspecified atom stereocenters. The molecule has 0 saturated carbocycles. The largest absolute Gasteiger partial charge is 0.478 e. The highest BCUT2D eigenvalue weighted by atomic mass is 16.4. The molecule has 0 spiro atoms. The van der Waals surface area contributed by atoms with Gasteiger partial charge in [0.2, 0.25) is 0 Å². The van der Waals surface area contributed by atoms with E-state index < -0.39 is 5.97 Å². The molecule has 0 saturated heterocycles. The van der Waals surface area contributed by atoms with E-state index in [0.717, 1.165) is 28.3 Å². The summed E-state index contributed by atoms with van der Waals surface area (Å²) < 4.78 is 0. The Kier molecular flexibility index (Phi) is 3.58. The lowest BCUT2D eigenvalue weighted by Gasteiger charge is -2.04. The van der Waals surface area contributed by atoms with Gasteiger partial charge in [-0.25, -0.2) is 4.79 Å². The van der Waals surface area contributed by atoms with E-state index >= 15 is 0 Å². The van der Waals surface area contributed by atoms with Crippen molar-refractivity contribution in [1.29, 1.82) is 0 Å². The molecule has 89 valence electrons. The van der Waals surface area contributed by atoms with E-state index in [1.165, 1.54) is 0 Å². The fraction of sp³-hybridized carbons (Fsp3) is 0. The van der Waals surface area contributed by atoms with Gasteiger partial charge in [-0.1, -0.05) is 42.5 Å². The van der Waals surface area contributed by atoms with Gasteiger partial charge in [-0.3, -0.25) is 0 Å². The smallest absolute Gasteiger partial charge is 0.328 e. The van der Waals surface area contributed by atoms with Gasteiger partial charge in [-0.15, -0.1) is 0 Å². The number of hydrogen-bond donors (Lipinski definition) is 1. The summed E-state index contributed by atoms with van der Waals surface area (Å²) in [6, 6.07) is 15.6. The minimum atomic E-state index is -0.944. The first-order valence-corrected chi connectivity index (χ1v) is 5.58. The topological polar surface area (TPSA) is 37.3 Å². The monoisotopic (exact) mass is 237 g/mol. The summed E-state index contributed by atoms with van der Waals surface area (Å²) >= 11 is 0. The number of hydrogen-bond acceptors (Lipinski definition) is 1. The van der Waals surface area contributed by atoms with Crippen molar-refractivity contribution in [3.8, 4) is 11.1 Å². The van der Waals surface area contributed by atoms with Crippen molar-refractivity contribution in [3.05, 3.63) is 72.7 Å². The fourth-order valence-electron chi connectivity index (χ4n) is 1.74. The van der Waals surface area contributed by atoms with E-state index in [9.17, 15) is 4.79 Å². The Labute approximate surface area is 106 Å². The lowest BCUT2D eigenvalue weighted by Crippen LogP contribution is -1.86. The van der Waals surface area contributed by atoms with E-state index in [4.69, 9.17) is 5.11 Å². The van der Waals surface area contributed by atoms with E-state index in [1.54, 1.807) is 6.08 Å². The number of carbonyl (C=O) groups is 1. The van der Waals surface area contributed by atoms with E-state index in [1.807, 2.05) is 48.5 Å². The lowest BCUT2D eigenvalue weighted by atomic mass is 10.0. The second kappa shape index (κ2) is 5.32. The van der Waals surface area contributed by atoms with Gasteiger partial charge < -0.3 is 5.11 Å². The van der Waals surface area contributed by atoms with Crippen LogP contribution in [0.4, 0.5) is 0 Å². The molecular weight excluding hydrogens is 224 g/mol. The van der Waals surface area contributed by atoms with Crippen LogP contribution in [0.2, 0.25) is 0 Å². The highest BCUT2D eigenvalue weighted by molar-refractivity contribution is 5.85. The summed E-state index contributed by atoms with van der Waals surface area (Å²) in [5, 5.41) is 8.60. The van der Waals surface area contributed by atoms with Crippen molar-refractivity contribution in [1.82, 2.24) is 0 Å². The molecule has 2 heteroatoms. The minimum absolute atomic E-state index is 0.865. The minimum Gasteiger partial charge on any atom is -0.478 e. The van der Waals surface area contributed by atoms with Gasteiger partial charge in [0.15, 0.2) is 0 Å². The molecule has 0 atom stereocenters. The number of carboxylic acid groups (broad SMARTS) is 1. The zero-order valence-electron chi connectivity index (χ0n) is 9.84. The van der Waals surface area contributed by atoms with Crippen LogP contribution in [0.1, 0.15) is 11.1 Å². The summed E-state index contributed by atoms with van der Waals surface area (Å²) in [6.07, 6.45) is 2.72. The summed E-state index contributed by atoms with van der Waals surface area (Å²) in [4.78, 5) is 10.5. The van der Waals surface area contributed by atoms with Gasteiger partial charge in [-0.05, 0) is 41.3 Å². The molecule has 2 nitrogen and oxygen atoms in total. The molecule has 0 aromatic heterocycles. The number of rotatable bonds is 3. The first-order chi connectivity index (χ1) is 8.65. The van der Waals surface area contributed by atoms with Gasteiger partial charge >= 0.3 is 5.97 Å². The van der Waals surface area contributed by atoms with Gasteiger partial charge in [0.25, 0.3) is 0 Å². The van der Waals surface area contributed by atoms with Crippen LogP contribution in [0.3, 0.4) is 0 Å². The maximum absolute atomic E-state index is 10.5. The molecule has 18 heavy (non-hydrogen) atoms. The average molecular weight is 237 g/mol. The lowest BCUT2D eigenvalue weighted by molar-refractivity contribution is -0.131. The van der Waals surface area contributed by atoms with Crippen LogP contribution in [0.5, 0.6) is 0 Å². The predicted molar refractivity (Wildman–Crippen MR) is 73.0 cm³/mol. The van der Waals surface area contributed by atoms with Crippen molar-refractivity contribution in [2.45, 2.75) is 0 Å². The second-order valence-electron chi connectivity index (χ2n) is 4.00. The van der Waals surface area contributed by atoms with Crippen molar-refractivity contribution in [2.24, 2.45) is 0 Å². The molecule has 2 aromatic rings.